The van der Waals surface area contributed by atoms with Gasteiger partial charge in [-0.3, -0.25) is 19.3 Å². The Labute approximate surface area is 75.2 Å². The lowest BCUT2D eigenvalue weighted by Gasteiger charge is -2.14. The largest absolute Gasteiger partial charge is 0.382 e. The van der Waals surface area contributed by atoms with E-state index in [4.69, 9.17) is 9.57 Å². The topological polar surface area (TPSA) is 85.9 Å². The van der Waals surface area contributed by atoms with Crippen LogP contribution in [0.1, 0.15) is 0 Å². The normalized spacial score (nSPS) is 11.8. The van der Waals surface area contributed by atoms with Crippen LogP contribution in [0.2, 0.25) is 0 Å². The van der Waals surface area contributed by atoms with Crippen molar-refractivity contribution in [2.45, 2.75) is 6.10 Å². The highest BCUT2D eigenvalue weighted by atomic mass is 16.7. The molecule has 7 heteroatoms. The van der Waals surface area contributed by atoms with Crippen LogP contribution in [-0.4, -0.2) is 39.2 Å². The van der Waals surface area contributed by atoms with Crippen molar-refractivity contribution in [3.05, 3.63) is 0 Å². The van der Waals surface area contributed by atoms with Gasteiger partial charge in [0, 0.05) is 7.11 Å². The van der Waals surface area contributed by atoms with Crippen LogP contribution in [0.25, 0.3) is 0 Å². The van der Waals surface area contributed by atoms with E-state index in [2.05, 4.69) is 4.84 Å². The van der Waals surface area contributed by atoms with Gasteiger partial charge in [0.25, 0.3) is 0 Å². The molecule has 0 aromatic rings. The molecule has 0 radical (unpaired) electrons. The van der Waals surface area contributed by atoms with Crippen molar-refractivity contribution < 1.29 is 24.0 Å². The van der Waals surface area contributed by atoms with Gasteiger partial charge in [-0.2, -0.15) is 0 Å². The van der Waals surface area contributed by atoms with Gasteiger partial charge < -0.3 is 4.74 Å². The summed E-state index contributed by atoms with van der Waals surface area (Å²) in [7, 11) is 1.48. The van der Waals surface area contributed by atoms with Crippen molar-refractivity contribution in [1.82, 2.24) is 11.0 Å². The Morgan fingerprint density at radius 3 is 2.46 bits per heavy atom. The molecule has 2 N–H and O–H groups in total. The SMILES string of the molecule is COCC(CONC=O)ONC=O. The van der Waals surface area contributed by atoms with Gasteiger partial charge in [-0.15, -0.1) is 0 Å². The van der Waals surface area contributed by atoms with Gasteiger partial charge in [0.1, 0.15) is 12.7 Å². The van der Waals surface area contributed by atoms with Crippen molar-refractivity contribution >= 4 is 12.8 Å². The zero-order valence-corrected chi connectivity index (χ0v) is 7.19. The molecule has 0 fully saturated rings. The minimum absolute atomic E-state index is 0.0768. The number of methoxy groups -OCH3 is 1. The summed E-state index contributed by atoms with van der Waals surface area (Å²) in [6.45, 7) is 0.314. The standard InChI is InChI=1S/C6H12N2O5/c1-11-2-6(13-8-5-10)3-12-7-4-9/h4-6H,2-3H2,1H3,(H,7,9)(H,8,10). The molecule has 0 heterocycles. The Kier molecular flexibility index (Phi) is 8.10. The Balaban J connectivity index is 3.52. The molecule has 0 rings (SSSR count). The van der Waals surface area contributed by atoms with Gasteiger partial charge in [-0.1, -0.05) is 0 Å². The van der Waals surface area contributed by atoms with E-state index in [1.807, 2.05) is 11.0 Å². The van der Waals surface area contributed by atoms with Crippen LogP contribution in [0.15, 0.2) is 0 Å². The van der Waals surface area contributed by atoms with Crippen LogP contribution in [-0.2, 0) is 24.0 Å². The Bertz CT molecular complexity index is 143. The van der Waals surface area contributed by atoms with Crippen LogP contribution in [0.4, 0.5) is 0 Å². The number of amides is 2. The molecule has 1 unspecified atom stereocenters. The number of rotatable bonds is 9. The lowest BCUT2D eigenvalue weighted by molar-refractivity contribution is -0.143. The third-order valence-corrected chi connectivity index (χ3v) is 1.04. The number of hydroxylamine groups is 2. The lowest BCUT2D eigenvalue weighted by atomic mass is 10.4. The molecule has 0 spiro atoms. The van der Waals surface area contributed by atoms with Crippen molar-refractivity contribution in [2.24, 2.45) is 0 Å². The van der Waals surface area contributed by atoms with E-state index in [-0.39, 0.29) is 13.2 Å². The maximum atomic E-state index is 9.85. The second kappa shape index (κ2) is 8.91. The van der Waals surface area contributed by atoms with Crippen molar-refractivity contribution in [3.8, 4) is 0 Å². The van der Waals surface area contributed by atoms with Crippen LogP contribution in [0.5, 0.6) is 0 Å². The number of carbonyl (C=O) groups is 2. The molecule has 0 aliphatic carbocycles. The number of hydrogen-bond donors (Lipinski definition) is 2. The Morgan fingerprint density at radius 1 is 1.23 bits per heavy atom. The Morgan fingerprint density at radius 2 is 1.92 bits per heavy atom. The second-order valence-corrected chi connectivity index (χ2v) is 1.98. The van der Waals surface area contributed by atoms with Crippen molar-refractivity contribution in [3.63, 3.8) is 0 Å². The number of hydrogen-bond acceptors (Lipinski definition) is 5. The third kappa shape index (κ3) is 7.19. The summed E-state index contributed by atoms with van der Waals surface area (Å²) < 4.78 is 4.75. The van der Waals surface area contributed by atoms with E-state index in [0.717, 1.165) is 0 Å². The number of carbonyl (C=O) groups excluding carboxylic acids is 2. The van der Waals surface area contributed by atoms with Gasteiger partial charge >= 0.3 is 0 Å². The summed E-state index contributed by atoms with van der Waals surface area (Å²) in [5.41, 5.74) is 3.98. The van der Waals surface area contributed by atoms with Gasteiger partial charge in [-0.05, 0) is 0 Å². The summed E-state index contributed by atoms with van der Waals surface area (Å²) in [5, 5.41) is 0. The first-order chi connectivity index (χ1) is 6.35. The van der Waals surface area contributed by atoms with E-state index >= 15 is 0 Å². The van der Waals surface area contributed by atoms with E-state index in [9.17, 15) is 9.59 Å². The second-order valence-electron chi connectivity index (χ2n) is 1.98. The average molecular weight is 192 g/mol. The van der Waals surface area contributed by atoms with Crippen LogP contribution < -0.4 is 11.0 Å². The fraction of sp³-hybridized carbons (Fsp3) is 0.667. The zero-order chi connectivity index (χ0) is 9.94. The molecule has 0 saturated carbocycles. The average Bonchev–Trinajstić information content (AvgIpc) is 2.14. The number of ether oxygens (including phenoxy) is 1. The molecule has 2 amide bonds. The summed E-state index contributed by atoms with van der Waals surface area (Å²) >= 11 is 0. The molecular weight excluding hydrogens is 180 g/mol. The lowest BCUT2D eigenvalue weighted by Crippen LogP contribution is -2.33. The maximum Gasteiger partial charge on any atom is 0.230 e. The molecule has 0 bridgehead atoms. The molecule has 0 aliphatic heterocycles. The molecule has 0 aromatic carbocycles. The molecule has 0 aromatic heterocycles. The quantitative estimate of drug-likeness (QED) is 0.260. The smallest absolute Gasteiger partial charge is 0.230 e. The number of nitrogens with one attached hydrogen (secondary N) is 2. The molecule has 7 nitrogen and oxygen atoms in total. The van der Waals surface area contributed by atoms with Crippen LogP contribution in [0, 0.1) is 0 Å². The monoisotopic (exact) mass is 192 g/mol. The fourth-order valence-corrected chi connectivity index (χ4v) is 0.601. The minimum atomic E-state index is -0.470. The van der Waals surface area contributed by atoms with Gasteiger partial charge in [0.2, 0.25) is 12.8 Å². The van der Waals surface area contributed by atoms with Gasteiger partial charge in [0.05, 0.1) is 6.61 Å². The molecule has 0 saturated heterocycles. The molecule has 76 valence electrons. The summed E-state index contributed by atoms with van der Waals surface area (Å²) in [6.07, 6.45) is 0.301. The summed E-state index contributed by atoms with van der Waals surface area (Å²) in [4.78, 5) is 29.0. The summed E-state index contributed by atoms with van der Waals surface area (Å²) in [6, 6.07) is 0. The molecule has 13 heavy (non-hydrogen) atoms. The third-order valence-electron chi connectivity index (χ3n) is 1.04. The van der Waals surface area contributed by atoms with E-state index in [0.29, 0.717) is 12.8 Å². The first-order valence-corrected chi connectivity index (χ1v) is 3.49. The first kappa shape index (κ1) is 11.8. The Hall–Kier alpha value is -1.18. The maximum absolute atomic E-state index is 9.85. The summed E-state index contributed by atoms with van der Waals surface area (Å²) in [5.74, 6) is 0. The fourth-order valence-electron chi connectivity index (χ4n) is 0.601. The first-order valence-electron chi connectivity index (χ1n) is 3.49. The molecule has 1 atom stereocenters. The van der Waals surface area contributed by atoms with E-state index < -0.39 is 6.10 Å². The molecular formula is C6H12N2O5. The van der Waals surface area contributed by atoms with E-state index in [1.165, 1.54) is 7.11 Å². The van der Waals surface area contributed by atoms with Gasteiger partial charge in [-0.25, -0.2) is 11.0 Å². The highest BCUT2D eigenvalue weighted by molar-refractivity contribution is 5.44. The van der Waals surface area contributed by atoms with E-state index in [1.54, 1.807) is 0 Å². The minimum Gasteiger partial charge on any atom is -0.382 e. The van der Waals surface area contributed by atoms with Crippen molar-refractivity contribution in [1.29, 1.82) is 0 Å². The predicted molar refractivity (Wildman–Crippen MR) is 41.1 cm³/mol. The predicted octanol–water partition coefficient (Wildman–Crippen LogP) is -1.64. The van der Waals surface area contributed by atoms with Crippen molar-refractivity contribution in [2.75, 3.05) is 20.3 Å². The zero-order valence-electron chi connectivity index (χ0n) is 7.19. The highest BCUT2D eigenvalue weighted by Gasteiger charge is 2.09. The van der Waals surface area contributed by atoms with Gasteiger partial charge in [0.15, 0.2) is 0 Å². The highest BCUT2D eigenvalue weighted by Crippen LogP contribution is 1.89. The van der Waals surface area contributed by atoms with Crippen LogP contribution >= 0.6 is 0 Å². The van der Waals surface area contributed by atoms with Crippen LogP contribution in [0.3, 0.4) is 0 Å². The molecule has 0 aliphatic rings.